The van der Waals surface area contributed by atoms with Gasteiger partial charge in [-0.15, -0.1) is 11.8 Å². The van der Waals surface area contributed by atoms with Gasteiger partial charge in [-0.1, -0.05) is 0 Å². The van der Waals surface area contributed by atoms with Crippen molar-refractivity contribution in [1.82, 2.24) is 15.2 Å². The van der Waals surface area contributed by atoms with E-state index in [0.29, 0.717) is 38.0 Å². The number of nitrogens with zero attached hydrogens (tertiary/aromatic N) is 3. The monoisotopic (exact) mass is 438 g/mol. The molecule has 0 aliphatic carbocycles. The summed E-state index contributed by atoms with van der Waals surface area (Å²) in [4.78, 5) is 46.5. The van der Waals surface area contributed by atoms with E-state index in [1.54, 1.807) is 41.2 Å². The molecule has 2 aliphatic heterocycles. The predicted molar refractivity (Wildman–Crippen MR) is 120 cm³/mol. The van der Waals surface area contributed by atoms with E-state index >= 15 is 0 Å². The van der Waals surface area contributed by atoms with Gasteiger partial charge in [0.1, 0.15) is 0 Å². The number of rotatable bonds is 5. The fourth-order valence-electron chi connectivity index (χ4n) is 4.15. The van der Waals surface area contributed by atoms with Crippen LogP contribution in [0.4, 0.5) is 5.69 Å². The highest BCUT2D eigenvalue weighted by molar-refractivity contribution is 7.98. The summed E-state index contributed by atoms with van der Waals surface area (Å²) in [6.45, 7) is 1.60. The van der Waals surface area contributed by atoms with Gasteiger partial charge in [-0.25, -0.2) is 0 Å². The van der Waals surface area contributed by atoms with Gasteiger partial charge in [0.05, 0.1) is 11.5 Å². The molecule has 8 heteroatoms. The maximum atomic E-state index is 13.0. The number of amides is 3. The lowest BCUT2D eigenvalue weighted by Gasteiger charge is -2.33. The zero-order chi connectivity index (χ0) is 21.8. The maximum absolute atomic E-state index is 13.0. The fraction of sp³-hybridized carbons (Fsp3) is 0.391. The third-order valence-corrected chi connectivity index (χ3v) is 6.67. The van der Waals surface area contributed by atoms with E-state index in [-0.39, 0.29) is 36.1 Å². The van der Waals surface area contributed by atoms with Crippen molar-refractivity contribution in [2.45, 2.75) is 30.2 Å². The van der Waals surface area contributed by atoms with Crippen LogP contribution in [0.25, 0.3) is 0 Å². The quantitative estimate of drug-likeness (QED) is 0.726. The largest absolute Gasteiger partial charge is 0.349 e. The summed E-state index contributed by atoms with van der Waals surface area (Å²) in [5, 5.41) is 3.03. The normalized spacial score (nSPS) is 19.5. The Bertz CT molecular complexity index is 943. The van der Waals surface area contributed by atoms with Crippen LogP contribution in [0.3, 0.4) is 0 Å². The van der Waals surface area contributed by atoms with Gasteiger partial charge >= 0.3 is 0 Å². The predicted octanol–water partition coefficient (Wildman–Crippen LogP) is 2.58. The van der Waals surface area contributed by atoms with Gasteiger partial charge in [-0.3, -0.25) is 19.4 Å². The van der Waals surface area contributed by atoms with Gasteiger partial charge in [0.25, 0.3) is 5.91 Å². The molecule has 1 aromatic heterocycles. The first kappa shape index (κ1) is 21.4. The number of hydrogen-bond acceptors (Lipinski definition) is 5. The molecule has 2 saturated heterocycles. The Balaban J connectivity index is 1.29. The third kappa shape index (κ3) is 4.90. The summed E-state index contributed by atoms with van der Waals surface area (Å²) in [6.07, 6.45) is 6.86. The standard InChI is InChI=1S/C23H26N4O3S/c1-31-20-6-4-19(5-7-20)27-15-17(13-21(27)28)23(30)26-11-8-18(9-12-26)25-22(29)16-3-2-10-24-14-16/h2-7,10,14,17-18H,8-9,11-13,15H2,1H3,(H,25,29). The maximum Gasteiger partial charge on any atom is 0.253 e. The van der Waals surface area contributed by atoms with E-state index < -0.39 is 0 Å². The molecule has 0 saturated carbocycles. The van der Waals surface area contributed by atoms with E-state index in [0.717, 1.165) is 10.6 Å². The van der Waals surface area contributed by atoms with Crippen LogP contribution in [-0.2, 0) is 9.59 Å². The molecule has 0 radical (unpaired) electrons. The van der Waals surface area contributed by atoms with Crippen molar-refractivity contribution in [2.24, 2.45) is 5.92 Å². The van der Waals surface area contributed by atoms with E-state index in [9.17, 15) is 14.4 Å². The Morgan fingerprint density at radius 3 is 2.52 bits per heavy atom. The molecule has 1 unspecified atom stereocenters. The molecule has 1 aromatic carbocycles. The van der Waals surface area contributed by atoms with Crippen LogP contribution in [0.1, 0.15) is 29.6 Å². The molecule has 3 heterocycles. The van der Waals surface area contributed by atoms with E-state index in [4.69, 9.17) is 0 Å². The van der Waals surface area contributed by atoms with Gasteiger partial charge < -0.3 is 15.1 Å². The highest BCUT2D eigenvalue weighted by atomic mass is 32.2. The number of piperidine rings is 1. The second-order valence-corrected chi connectivity index (χ2v) is 8.80. The van der Waals surface area contributed by atoms with Crippen molar-refractivity contribution < 1.29 is 14.4 Å². The number of carbonyl (C=O) groups excluding carboxylic acids is 3. The number of benzene rings is 1. The second kappa shape index (κ2) is 9.51. The van der Waals surface area contributed by atoms with Crippen molar-refractivity contribution >= 4 is 35.2 Å². The first-order valence-electron chi connectivity index (χ1n) is 10.5. The van der Waals surface area contributed by atoms with Gasteiger partial charge in [-0.2, -0.15) is 0 Å². The Morgan fingerprint density at radius 1 is 1.13 bits per heavy atom. The number of carbonyl (C=O) groups is 3. The third-order valence-electron chi connectivity index (χ3n) is 5.92. The zero-order valence-electron chi connectivity index (χ0n) is 17.5. The molecule has 0 spiro atoms. The minimum Gasteiger partial charge on any atom is -0.349 e. The first-order valence-corrected chi connectivity index (χ1v) is 11.7. The van der Waals surface area contributed by atoms with Gasteiger partial charge in [0.15, 0.2) is 0 Å². The van der Waals surface area contributed by atoms with Crippen molar-refractivity contribution in [3.8, 4) is 0 Å². The molecule has 7 nitrogen and oxygen atoms in total. The topological polar surface area (TPSA) is 82.6 Å². The van der Waals surface area contributed by atoms with Crippen LogP contribution in [-0.4, -0.2) is 59.5 Å². The average Bonchev–Trinajstić information content (AvgIpc) is 3.21. The lowest BCUT2D eigenvalue weighted by Crippen LogP contribution is -2.48. The molecule has 2 aromatic rings. The highest BCUT2D eigenvalue weighted by Gasteiger charge is 2.38. The second-order valence-electron chi connectivity index (χ2n) is 7.92. The number of anilines is 1. The van der Waals surface area contributed by atoms with Crippen LogP contribution in [0.15, 0.2) is 53.7 Å². The smallest absolute Gasteiger partial charge is 0.253 e. The highest BCUT2D eigenvalue weighted by Crippen LogP contribution is 2.28. The molecule has 1 atom stereocenters. The summed E-state index contributed by atoms with van der Waals surface area (Å²) < 4.78 is 0. The van der Waals surface area contributed by atoms with Crippen molar-refractivity contribution in [3.63, 3.8) is 0 Å². The average molecular weight is 439 g/mol. The van der Waals surface area contributed by atoms with E-state index in [1.807, 2.05) is 35.4 Å². The number of aromatic nitrogens is 1. The zero-order valence-corrected chi connectivity index (χ0v) is 18.3. The Kier molecular flexibility index (Phi) is 6.56. The summed E-state index contributed by atoms with van der Waals surface area (Å²) in [7, 11) is 0. The molecule has 4 rings (SSSR count). The molecular formula is C23H26N4O3S. The molecule has 162 valence electrons. The lowest BCUT2D eigenvalue weighted by molar-refractivity contribution is -0.136. The molecule has 0 bridgehead atoms. The molecule has 2 aliphatic rings. The van der Waals surface area contributed by atoms with E-state index in [1.165, 1.54) is 0 Å². The molecule has 3 amide bonds. The summed E-state index contributed by atoms with van der Waals surface area (Å²) in [5.41, 5.74) is 1.38. The first-order chi connectivity index (χ1) is 15.0. The number of nitrogens with one attached hydrogen (secondary N) is 1. The molecule has 2 fully saturated rings. The van der Waals surface area contributed by atoms with Crippen LogP contribution < -0.4 is 10.2 Å². The SMILES string of the molecule is CSc1ccc(N2CC(C(=O)N3CCC(NC(=O)c4cccnc4)CC3)CC2=O)cc1. The van der Waals surface area contributed by atoms with Crippen LogP contribution in [0.5, 0.6) is 0 Å². The van der Waals surface area contributed by atoms with E-state index in [2.05, 4.69) is 10.3 Å². The summed E-state index contributed by atoms with van der Waals surface area (Å²) >= 11 is 1.65. The van der Waals surface area contributed by atoms with Crippen LogP contribution in [0.2, 0.25) is 0 Å². The van der Waals surface area contributed by atoms with Crippen LogP contribution in [0, 0.1) is 5.92 Å². The Hall–Kier alpha value is -2.87. The number of likely N-dealkylation sites (tertiary alicyclic amines) is 1. The number of pyridine rings is 1. The number of thioether (sulfide) groups is 1. The van der Waals surface area contributed by atoms with Crippen LogP contribution >= 0.6 is 11.8 Å². The Morgan fingerprint density at radius 2 is 1.87 bits per heavy atom. The lowest BCUT2D eigenvalue weighted by atomic mass is 10.0. The van der Waals surface area contributed by atoms with Gasteiger partial charge in [-0.05, 0) is 55.5 Å². The molecule has 31 heavy (non-hydrogen) atoms. The minimum atomic E-state index is -0.311. The summed E-state index contributed by atoms with van der Waals surface area (Å²) in [5.74, 6) is -0.417. The number of hydrogen-bond donors (Lipinski definition) is 1. The van der Waals surface area contributed by atoms with Gasteiger partial charge in [0, 0.05) is 55.1 Å². The minimum absolute atomic E-state index is 0.00567. The van der Waals surface area contributed by atoms with Crippen molar-refractivity contribution in [1.29, 1.82) is 0 Å². The molecular weight excluding hydrogens is 412 g/mol. The van der Waals surface area contributed by atoms with Crippen molar-refractivity contribution in [3.05, 3.63) is 54.4 Å². The van der Waals surface area contributed by atoms with Crippen molar-refractivity contribution in [2.75, 3.05) is 30.8 Å². The van der Waals surface area contributed by atoms with Gasteiger partial charge in [0.2, 0.25) is 11.8 Å². The fourth-order valence-corrected chi connectivity index (χ4v) is 4.56. The molecule has 1 N–H and O–H groups in total. The summed E-state index contributed by atoms with van der Waals surface area (Å²) in [6, 6.07) is 11.4. The Labute approximate surface area is 186 Å².